The standard InChI is InChI=1S/C12H16ClN3O/c13-10-5-11(14-6-9(17)7-1-2-7)16-12(15-10)8-3-4-8/h5,7-9,17H,1-4,6H2,(H,14,15,16). The monoisotopic (exact) mass is 253 g/mol. The van der Waals surface area contributed by atoms with E-state index >= 15 is 0 Å². The lowest BCUT2D eigenvalue weighted by molar-refractivity contribution is 0.164. The maximum Gasteiger partial charge on any atom is 0.135 e. The van der Waals surface area contributed by atoms with Gasteiger partial charge in [-0.3, -0.25) is 0 Å². The summed E-state index contributed by atoms with van der Waals surface area (Å²) in [5.74, 6) is 2.53. The van der Waals surface area contributed by atoms with Gasteiger partial charge in [-0.05, 0) is 31.6 Å². The molecular formula is C12H16ClN3O. The van der Waals surface area contributed by atoms with Gasteiger partial charge in [0.05, 0.1) is 6.10 Å². The Morgan fingerprint density at radius 3 is 2.76 bits per heavy atom. The van der Waals surface area contributed by atoms with Crippen molar-refractivity contribution in [3.05, 3.63) is 17.0 Å². The van der Waals surface area contributed by atoms with Crippen LogP contribution in [0.3, 0.4) is 0 Å². The quantitative estimate of drug-likeness (QED) is 0.790. The van der Waals surface area contributed by atoms with Crippen LogP contribution in [0.5, 0.6) is 0 Å². The third-order valence-corrected chi connectivity index (χ3v) is 3.51. The van der Waals surface area contributed by atoms with E-state index in [0.717, 1.165) is 37.3 Å². The van der Waals surface area contributed by atoms with E-state index in [2.05, 4.69) is 15.3 Å². The first-order valence-electron chi connectivity index (χ1n) is 6.19. The average Bonchev–Trinajstić information content (AvgIpc) is 3.19. The maximum absolute atomic E-state index is 9.77. The Morgan fingerprint density at radius 2 is 2.12 bits per heavy atom. The van der Waals surface area contributed by atoms with Gasteiger partial charge in [-0.2, -0.15) is 0 Å². The minimum atomic E-state index is -0.270. The highest BCUT2D eigenvalue weighted by Crippen LogP contribution is 2.38. The first-order valence-corrected chi connectivity index (χ1v) is 6.56. The second-order valence-electron chi connectivity index (χ2n) is 4.99. The first kappa shape index (κ1) is 11.2. The molecule has 2 aliphatic carbocycles. The summed E-state index contributed by atoms with van der Waals surface area (Å²) in [6.07, 6.45) is 4.32. The van der Waals surface area contributed by atoms with E-state index in [1.165, 1.54) is 0 Å². The normalized spacial score (nSPS) is 21.3. The second kappa shape index (κ2) is 4.42. The third-order valence-electron chi connectivity index (χ3n) is 3.31. The largest absolute Gasteiger partial charge is 0.391 e. The highest BCUT2D eigenvalue weighted by atomic mass is 35.5. The Morgan fingerprint density at radius 1 is 1.35 bits per heavy atom. The second-order valence-corrected chi connectivity index (χ2v) is 5.38. The van der Waals surface area contributed by atoms with Crippen molar-refractivity contribution in [1.29, 1.82) is 0 Å². The molecule has 4 nitrogen and oxygen atoms in total. The molecule has 5 heteroatoms. The molecular weight excluding hydrogens is 238 g/mol. The molecule has 2 fully saturated rings. The summed E-state index contributed by atoms with van der Waals surface area (Å²) in [4.78, 5) is 8.65. The lowest BCUT2D eigenvalue weighted by Crippen LogP contribution is -2.22. The Bertz CT molecular complexity index is 418. The molecule has 0 spiro atoms. The van der Waals surface area contributed by atoms with Gasteiger partial charge in [0.1, 0.15) is 16.8 Å². The van der Waals surface area contributed by atoms with E-state index in [-0.39, 0.29) is 6.10 Å². The van der Waals surface area contributed by atoms with E-state index in [4.69, 9.17) is 11.6 Å². The highest BCUT2D eigenvalue weighted by Gasteiger charge is 2.30. The summed E-state index contributed by atoms with van der Waals surface area (Å²) in [7, 11) is 0. The average molecular weight is 254 g/mol. The van der Waals surface area contributed by atoms with Gasteiger partial charge in [0.25, 0.3) is 0 Å². The van der Waals surface area contributed by atoms with E-state index < -0.39 is 0 Å². The molecule has 2 N–H and O–H groups in total. The molecule has 0 aromatic carbocycles. The summed E-state index contributed by atoms with van der Waals surface area (Å²) in [5, 5.41) is 13.4. The number of nitrogens with zero attached hydrogens (tertiary/aromatic N) is 2. The van der Waals surface area contributed by atoms with Crippen LogP contribution in [0.4, 0.5) is 5.82 Å². The van der Waals surface area contributed by atoms with Crippen molar-refractivity contribution in [2.45, 2.75) is 37.7 Å². The van der Waals surface area contributed by atoms with Crippen molar-refractivity contribution in [3.63, 3.8) is 0 Å². The highest BCUT2D eigenvalue weighted by molar-refractivity contribution is 6.29. The molecule has 0 bridgehead atoms. The predicted molar refractivity (Wildman–Crippen MR) is 66.2 cm³/mol. The van der Waals surface area contributed by atoms with E-state index in [1.54, 1.807) is 6.07 Å². The molecule has 2 aliphatic rings. The summed E-state index contributed by atoms with van der Waals surface area (Å²) in [5.41, 5.74) is 0. The lowest BCUT2D eigenvalue weighted by atomic mass is 10.2. The van der Waals surface area contributed by atoms with Crippen LogP contribution in [0.25, 0.3) is 0 Å². The van der Waals surface area contributed by atoms with E-state index in [0.29, 0.717) is 23.5 Å². The van der Waals surface area contributed by atoms with Crippen LogP contribution in [-0.2, 0) is 0 Å². The number of hydrogen-bond donors (Lipinski definition) is 2. The Hall–Kier alpha value is -0.870. The zero-order chi connectivity index (χ0) is 11.8. The lowest BCUT2D eigenvalue weighted by Gasteiger charge is -2.11. The minimum Gasteiger partial charge on any atom is -0.391 e. The molecule has 1 aromatic rings. The fourth-order valence-electron chi connectivity index (χ4n) is 1.91. The molecule has 0 saturated heterocycles. The van der Waals surface area contributed by atoms with Crippen molar-refractivity contribution in [2.75, 3.05) is 11.9 Å². The molecule has 0 amide bonds. The number of anilines is 1. The number of aliphatic hydroxyl groups is 1. The number of halogens is 1. The van der Waals surface area contributed by atoms with Crippen LogP contribution in [0, 0.1) is 5.92 Å². The minimum absolute atomic E-state index is 0.270. The van der Waals surface area contributed by atoms with Crippen molar-refractivity contribution in [2.24, 2.45) is 5.92 Å². The number of rotatable bonds is 5. The van der Waals surface area contributed by atoms with Gasteiger partial charge in [-0.1, -0.05) is 11.6 Å². The molecule has 1 unspecified atom stereocenters. The molecule has 2 saturated carbocycles. The Labute approximate surface area is 105 Å². The van der Waals surface area contributed by atoms with Gasteiger partial charge in [-0.25, -0.2) is 9.97 Å². The van der Waals surface area contributed by atoms with Crippen LogP contribution in [0.15, 0.2) is 6.07 Å². The van der Waals surface area contributed by atoms with Crippen LogP contribution >= 0.6 is 11.6 Å². The molecule has 1 atom stereocenters. The Kier molecular flexibility index (Phi) is 2.92. The summed E-state index contributed by atoms with van der Waals surface area (Å²) >= 11 is 5.96. The van der Waals surface area contributed by atoms with Crippen LogP contribution in [0.1, 0.15) is 37.4 Å². The number of hydrogen-bond acceptors (Lipinski definition) is 4. The molecule has 1 aromatic heterocycles. The Balaban J connectivity index is 1.64. The van der Waals surface area contributed by atoms with Crippen molar-refractivity contribution < 1.29 is 5.11 Å². The van der Waals surface area contributed by atoms with Gasteiger partial charge in [0.15, 0.2) is 0 Å². The third kappa shape index (κ3) is 2.87. The van der Waals surface area contributed by atoms with Gasteiger partial charge in [0, 0.05) is 18.5 Å². The van der Waals surface area contributed by atoms with Crippen LogP contribution in [-0.4, -0.2) is 27.7 Å². The fraction of sp³-hybridized carbons (Fsp3) is 0.667. The van der Waals surface area contributed by atoms with Gasteiger partial charge in [0.2, 0.25) is 0 Å². The zero-order valence-corrected chi connectivity index (χ0v) is 10.3. The van der Waals surface area contributed by atoms with E-state index in [1.807, 2.05) is 0 Å². The SMILES string of the molecule is OC(CNc1cc(Cl)nc(C2CC2)n1)C1CC1. The number of nitrogens with one attached hydrogen (secondary N) is 1. The van der Waals surface area contributed by atoms with Crippen LogP contribution < -0.4 is 5.32 Å². The predicted octanol–water partition coefficient (Wildman–Crippen LogP) is 2.19. The smallest absolute Gasteiger partial charge is 0.135 e. The zero-order valence-electron chi connectivity index (χ0n) is 9.56. The number of aromatic nitrogens is 2. The molecule has 1 heterocycles. The first-order chi connectivity index (χ1) is 8.22. The molecule has 0 radical (unpaired) electrons. The number of aliphatic hydroxyl groups excluding tert-OH is 1. The fourth-order valence-corrected chi connectivity index (χ4v) is 2.10. The van der Waals surface area contributed by atoms with Crippen molar-refractivity contribution in [1.82, 2.24) is 9.97 Å². The van der Waals surface area contributed by atoms with Crippen LogP contribution in [0.2, 0.25) is 5.15 Å². The van der Waals surface area contributed by atoms with Gasteiger partial charge in [-0.15, -0.1) is 0 Å². The van der Waals surface area contributed by atoms with Gasteiger partial charge >= 0.3 is 0 Å². The van der Waals surface area contributed by atoms with Crippen molar-refractivity contribution >= 4 is 17.4 Å². The topological polar surface area (TPSA) is 58.0 Å². The summed E-state index contributed by atoms with van der Waals surface area (Å²) in [6, 6.07) is 1.72. The van der Waals surface area contributed by atoms with Gasteiger partial charge < -0.3 is 10.4 Å². The molecule has 0 aliphatic heterocycles. The van der Waals surface area contributed by atoms with E-state index in [9.17, 15) is 5.11 Å². The van der Waals surface area contributed by atoms with Crippen molar-refractivity contribution in [3.8, 4) is 0 Å². The molecule has 17 heavy (non-hydrogen) atoms. The molecule has 3 rings (SSSR count). The molecule has 92 valence electrons. The summed E-state index contributed by atoms with van der Waals surface area (Å²) < 4.78 is 0. The summed E-state index contributed by atoms with van der Waals surface area (Å²) in [6.45, 7) is 0.544. The maximum atomic E-state index is 9.77.